The van der Waals surface area contributed by atoms with Crippen LogP contribution in [0.5, 0.6) is 0 Å². The third kappa shape index (κ3) is 4.41. The zero-order chi connectivity index (χ0) is 30.5. The van der Waals surface area contributed by atoms with Crippen LogP contribution in [-0.2, 0) is 0 Å². The number of fused-ring (bicyclic) bond motifs is 7. The minimum Gasteiger partial charge on any atom is -0.208 e. The van der Waals surface area contributed by atoms with E-state index in [1.807, 2.05) is 60.7 Å². The van der Waals surface area contributed by atoms with Gasteiger partial charge in [-0.05, 0) is 60.3 Å². The van der Waals surface area contributed by atoms with Gasteiger partial charge in [0.2, 0.25) is 0 Å². The highest BCUT2D eigenvalue weighted by Crippen LogP contribution is 2.42. The fourth-order valence-electron chi connectivity index (χ4n) is 6.67. The Morgan fingerprint density at radius 2 is 0.717 bits per heavy atom. The van der Waals surface area contributed by atoms with Crippen LogP contribution in [0.4, 0.5) is 0 Å². The predicted octanol–water partition coefficient (Wildman–Crippen LogP) is 11.2. The normalized spacial score (nSPS) is 11.5. The zero-order valence-corrected chi connectivity index (χ0v) is 24.9. The lowest BCUT2D eigenvalue weighted by Gasteiger charge is -2.16. The van der Waals surface area contributed by atoms with Crippen molar-refractivity contribution >= 4 is 43.1 Å². The van der Waals surface area contributed by atoms with Crippen molar-refractivity contribution in [2.75, 3.05) is 0 Å². The molecule has 1 aromatic heterocycles. The molecule has 0 atom stereocenters. The molecule has 9 rings (SSSR count). The Labute approximate surface area is 266 Å². The first-order valence-electron chi connectivity index (χ1n) is 15.5. The highest BCUT2D eigenvalue weighted by Gasteiger charge is 2.16. The van der Waals surface area contributed by atoms with Crippen molar-refractivity contribution in [3.63, 3.8) is 0 Å². The van der Waals surface area contributed by atoms with Crippen molar-refractivity contribution in [2.45, 2.75) is 0 Å². The highest BCUT2D eigenvalue weighted by atomic mass is 15.0. The third-order valence-electron chi connectivity index (χ3n) is 8.88. The summed E-state index contributed by atoms with van der Waals surface area (Å²) in [5.74, 6) is 1.97. The predicted molar refractivity (Wildman–Crippen MR) is 192 cm³/mol. The molecular weight excluding hydrogens is 558 g/mol. The van der Waals surface area contributed by atoms with E-state index in [9.17, 15) is 0 Å². The molecule has 0 aliphatic rings. The molecule has 0 spiro atoms. The van der Waals surface area contributed by atoms with Crippen molar-refractivity contribution < 1.29 is 0 Å². The van der Waals surface area contributed by atoms with E-state index < -0.39 is 0 Å². The van der Waals surface area contributed by atoms with Gasteiger partial charge in [-0.3, -0.25) is 0 Å². The summed E-state index contributed by atoms with van der Waals surface area (Å²) in [4.78, 5) is 14.7. The van der Waals surface area contributed by atoms with E-state index in [0.29, 0.717) is 17.5 Å². The van der Waals surface area contributed by atoms with Crippen LogP contribution in [0.2, 0.25) is 0 Å². The molecule has 0 aliphatic carbocycles. The first-order valence-corrected chi connectivity index (χ1v) is 15.5. The number of aromatic nitrogens is 3. The third-order valence-corrected chi connectivity index (χ3v) is 8.88. The summed E-state index contributed by atoms with van der Waals surface area (Å²) in [5, 5.41) is 10.1. The van der Waals surface area contributed by atoms with Crippen LogP contribution in [0.3, 0.4) is 0 Å². The largest absolute Gasteiger partial charge is 0.208 e. The maximum Gasteiger partial charge on any atom is 0.164 e. The summed E-state index contributed by atoms with van der Waals surface area (Å²) < 4.78 is 0. The first-order chi connectivity index (χ1) is 22.8. The summed E-state index contributed by atoms with van der Waals surface area (Å²) in [6.07, 6.45) is 0. The van der Waals surface area contributed by atoms with Gasteiger partial charge >= 0.3 is 0 Å². The second-order valence-corrected chi connectivity index (χ2v) is 11.6. The molecule has 8 aromatic carbocycles. The number of hydrogen-bond acceptors (Lipinski definition) is 3. The molecule has 0 saturated heterocycles. The molecule has 0 N–H and O–H groups in total. The first kappa shape index (κ1) is 26.2. The minimum atomic E-state index is 0.652. The van der Waals surface area contributed by atoms with Crippen LogP contribution < -0.4 is 0 Å². The molecule has 0 aliphatic heterocycles. The van der Waals surface area contributed by atoms with E-state index in [-0.39, 0.29) is 0 Å². The Morgan fingerprint density at radius 1 is 0.283 bits per heavy atom. The van der Waals surface area contributed by atoms with Gasteiger partial charge in [0.15, 0.2) is 17.5 Å². The Kier molecular flexibility index (Phi) is 6.14. The van der Waals surface area contributed by atoms with E-state index in [2.05, 4.69) is 103 Å². The van der Waals surface area contributed by atoms with Gasteiger partial charge in [0, 0.05) is 16.7 Å². The molecule has 0 saturated carbocycles. The van der Waals surface area contributed by atoms with Crippen LogP contribution in [-0.4, -0.2) is 15.0 Å². The maximum atomic E-state index is 4.94. The van der Waals surface area contributed by atoms with Crippen LogP contribution in [0.1, 0.15) is 0 Å². The average molecular weight is 586 g/mol. The van der Waals surface area contributed by atoms with E-state index >= 15 is 0 Å². The molecule has 0 radical (unpaired) electrons. The van der Waals surface area contributed by atoms with E-state index in [0.717, 1.165) is 22.3 Å². The smallest absolute Gasteiger partial charge is 0.164 e. The average Bonchev–Trinajstić information content (AvgIpc) is 3.14. The number of rotatable bonds is 4. The molecule has 0 fully saturated rings. The van der Waals surface area contributed by atoms with E-state index in [1.165, 1.54) is 48.7 Å². The lowest BCUT2D eigenvalue weighted by molar-refractivity contribution is 1.07. The molecule has 1 heterocycles. The molecular formula is C43H27N3. The van der Waals surface area contributed by atoms with Crippen LogP contribution in [0, 0.1) is 0 Å². The second kappa shape index (κ2) is 10.8. The van der Waals surface area contributed by atoms with Crippen molar-refractivity contribution in [2.24, 2.45) is 0 Å². The highest BCUT2D eigenvalue weighted by molar-refractivity contribution is 6.28. The number of benzene rings is 8. The minimum absolute atomic E-state index is 0.652. The van der Waals surface area contributed by atoms with E-state index in [4.69, 9.17) is 15.0 Å². The maximum absolute atomic E-state index is 4.94. The fourth-order valence-corrected chi connectivity index (χ4v) is 6.67. The second-order valence-electron chi connectivity index (χ2n) is 11.6. The van der Waals surface area contributed by atoms with Gasteiger partial charge in [0.1, 0.15) is 0 Å². The molecule has 0 unspecified atom stereocenters. The van der Waals surface area contributed by atoms with Gasteiger partial charge in [0.05, 0.1) is 0 Å². The van der Waals surface area contributed by atoms with Gasteiger partial charge in [-0.1, -0.05) is 158 Å². The van der Waals surface area contributed by atoms with Crippen LogP contribution in [0.15, 0.2) is 164 Å². The Morgan fingerprint density at radius 3 is 1.30 bits per heavy atom. The van der Waals surface area contributed by atoms with Crippen LogP contribution in [0.25, 0.3) is 88.4 Å². The topological polar surface area (TPSA) is 38.7 Å². The van der Waals surface area contributed by atoms with E-state index in [1.54, 1.807) is 0 Å². The van der Waals surface area contributed by atoms with Crippen LogP contribution >= 0.6 is 0 Å². The molecule has 0 amide bonds. The summed E-state index contributed by atoms with van der Waals surface area (Å²) in [7, 11) is 0. The molecule has 9 aromatic rings. The van der Waals surface area contributed by atoms with Gasteiger partial charge in [0.25, 0.3) is 0 Å². The molecule has 3 heteroatoms. The SMILES string of the molecule is c1ccc(-c2nc(-c3ccccc3)nc(-c3ccc(-c4cc5ccc6ccccc6c5c5ccc6ccccc6c45)cc3)n2)cc1. The molecule has 214 valence electrons. The molecule has 3 nitrogen and oxygen atoms in total. The van der Waals surface area contributed by atoms with Crippen molar-refractivity contribution in [1.82, 2.24) is 15.0 Å². The fraction of sp³-hybridized carbons (Fsp3) is 0. The molecule has 46 heavy (non-hydrogen) atoms. The summed E-state index contributed by atoms with van der Waals surface area (Å²) in [6, 6.07) is 57.6. The summed E-state index contributed by atoms with van der Waals surface area (Å²) in [6.45, 7) is 0. The quantitative estimate of drug-likeness (QED) is 0.193. The number of hydrogen-bond donors (Lipinski definition) is 0. The van der Waals surface area contributed by atoms with Gasteiger partial charge in [-0.2, -0.15) is 0 Å². The van der Waals surface area contributed by atoms with Crippen molar-refractivity contribution in [1.29, 1.82) is 0 Å². The van der Waals surface area contributed by atoms with Crippen molar-refractivity contribution in [3.8, 4) is 45.3 Å². The monoisotopic (exact) mass is 585 g/mol. The van der Waals surface area contributed by atoms with Gasteiger partial charge in [-0.25, -0.2) is 15.0 Å². The lowest BCUT2D eigenvalue weighted by atomic mass is 9.88. The summed E-state index contributed by atoms with van der Waals surface area (Å²) >= 11 is 0. The standard InChI is InChI=1S/C43H27N3/c1-3-13-31(14-4-1)41-44-42(32-15-5-2-6-16-32)46-43(45-41)33-22-19-30(20-23-33)38-27-34-24-21-28-11-7-9-17-35(28)39(34)37-26-25-29-12-8-10-18-36(29)40(37)38/h1-27H. The Balaban J connectivity index is 1.24. The Hall–Kier alpha value is -6.19. The lowest BCUT2D eigenvalue weighted by Crippen LogP contribution is -2.00. The van der Waals surface area contributed by atoms with Crippen molar-refractivity contribution in [3.05, 3.63) is 164 Å². The Bertz CT molecular complexity index is 2500. The van der Waals surface area contributed by atoms with Gasteiger partial charge < -0.3 is 0 Å². The van der Waals surface area contributed by atoms with Gasteiger partial charge in [-0.15, -0.1) is 0 Å². The summed E-state index contributed by atoms with van der Waals surface area (Å²) in [5.41, 5.74) is 5.23. The number of nitrogens with zero attached hydrogens (tertiary/aromatic N) is 3. The zero-order valence-electron chi connectivity index (χ0n) is 24.9. The molecule has 0 bridgehead atoms.